The van der Waals surface area contributed by atoms with Gasteiger partial charge in [-0.2, -0.15) is 0 Å². The molecule has 1 unspecified atom stereocenters. The Morgan fingerprint density at radius 1 is 1.35 bits per heavy atom. The molecule has 0 aliphatic rings. The van der Waals surface area contributed by atoms with Crippen molar-refractivity contribution in [1.29, 1.82) is 0 Å². The molecular formula is C13H21NO2S. The molecule has 17 heavy (non-hydrogen) atoms. The lowest BCUT2D eigenvalue weighted by Crippen LogP contribution is -2.15. The molecular weight excluding hydrogens is 234 g/mol. The van der Waals surface area contributed by atoms with Crippen molar-refractivity contribution in [2.75, 3.05) is 11.5 Å². The Kier molecular flexibility index (Phi) is 4.57. The third-order valence-corrected chi connectivity index (χ3v) is 5.07. The van der Waals surface area contributed by atoms with Crippen molar-refractivity contribution in [2.45, 2.75) is 38.5 Å². The first-order valence-corrected chi connectivity index (χ1v) is 7.61. The molecule has 0 aliphatic heterocycles. The van der Waals surface area contributed by atoms with Crippen molar-refractivity contribution in [3.05, 3.63) is 23.8 Å². The van der Waals surface area contributed by atoms with E-state index in [4.69, 9.17) is 5.73 Å². The molecule has 0 saturated heterocycles. The number of rotatable bonds is 5. The third-order valence-electron chi connectivity index (χ3n) is 2.95. The zero-order chi connectivity index (χ0) is 13.1. The molecule has 0 radical (unpaired) electrons. The number of hydrogen-bond acceptors (Lipinski definition) is 3. The van der Waals surface area contributed by atoms with Crippen LogP contribution in [-0.2, 0) is 9.84 Å². The van der Waals surface area contributed by atoms with E-state index in [2.05, 4.69) is 6.92 Å². The molecule has 3 nitrogen and oxygen atoms in total. The van der Waals surface area contributed by atoms with E-state index >= 15 is 0 Å². The molecule has 1 aromatic rings. The van der Waals surface area contributed by atoms with Gasteiger partial charge in [0.25, 0.3) is 0 Å². The summed E-state index contributed by atoms with van der Waals surface area (Å²) in [7, 11) is -3.21. The Labute approximate surface area is 104 Å². The first-order chi connectivity index (χ1) is 7.88. The third kappa shape index (κ3) is 3.46. The Morgan fingerprint density at radius 2 is 2.00 bits per heavy atom. The van der Waals surface area contributed by atoms with Gasteiger partial charge in [-0.25, -0.2) is 8.42 Å². The lowest BCUT2D eigenvalue weighted by Gasteiger charge is -2.13. The fourth-order valence-corrected chi connectivity index (χ4v) is 3.97. The van der Waals surface area contributed by atoms with Crippen LogP contribution >= 0.6 is 0 Å². The molecule has 1 atom stereocenters. The van der Waals surface area contributed by atoms with Crippen LogP contribution in [0.15, 0.2) is 23.1 Å². The van der Waals surface area contributed by atoms with E-state index in [9.17, 15) is 8.42 Å². The molecule has 0 amide bonds. The van der Waals surface area contributed by atoms with Gasteiger partial charge in [-0.1, -0.05) is 26.3 Å². The standard InChI is InChI=1S/C13H21NO2S/c1-4-6-10(2)9-17(15,16)13-8-5-7-12(14)11(13)3/h5,7-8,10H,4,6,9,14H2,1-3H3. The van der Waals surface area contributed by atoms with Gasteiger partial charge in [-0.15, -0.1) is 0 Å². The average Bonchev–Trinajstić information content (AvgIpc) is 2.21. The van der Waals surface area contributed by atoms with Crippen LogP contribution in [0.3, 0.4) is 0 Å². The lowest BCUT2D eigenvalue weighted by molar-refractivity contribution is 0.545. The van der Waals surface area contributed by atoms with E-state index in [1.807, 2.05) is 6.92 Å². The Hall–Kier alpha value is -1.03. The Bertz CT molecular complexity index is 480. The normalized spacial score (nSPS) is 13.6. The number of hydrogen-bond donors (Lipinski definition) is 1. The number of benzene rings is 1. The summed E-state index contributed by atoms with van der Waals surface area (Å²) in [6, 6.07) is 5.06. The topological polar surface area (TPSA) is 60.2 Å². The molecule has 2 N–H and O–H groups in total. The molecule has 0 heterocycles. The molecule has 96 valence electrons. The van der Waals surface area contributed by atoms with Crippen LogP contribution in [-0.4, -0.2) is 14.2 Å². The highest BCUT2D eigenvalue weighted by molar-refractivity contribution is 7.91. The molecule has 1 rings (SSSR count). The second kappa shape index (κ2) is 5.54. The van der Waals surface area contributed by atoms with Crippen molar-refractivity contribution in [3.8, 4) is 0 Å². The minimum absolute atomic E-state index is 0.186. The van der Waals surface area contributed by atoms with Crippen molar-refractivity contribution in [3.63, 3.8) is 0 Å². The number of sulfone groups is 1. The summed E-state index contributed by atoms with van der Waals surface area (Å²) < 4.78 is 24.5. The summed E-state index contributed by atoms with van der Waals surface area (Å²) in [6.45, 7) is 5.80. The number of anilines is 1. The number of nitrogen functional groups attached to an aromatic ring is 1. The van der Waals surface area contributed by atoms with Gasteiger partial charge in [0.1, 0.15) is 0 Å². The van der Waals surface area contributed by atoms with Crippen LogP contribution in [0.5, 0.6) is 0 Å². The fourth-order valence-electron chi connectivity index (χ4n) is 2.01. The van der Waals surface area contributed by atoms with Crippen molar-refractivity contribution in [2.24, 2.45) is 5.92 Å². The van der Waals surface area contributed by atoms with Crippen LogP contribution in [0.25, 0.3) is 0 Å². The minimum Gasteiger partial charge on any atom is -0.398 e. The van der Waals surface area contributed by atoms with E-state index < -0.39 is 9.84 Å². The highest BCUT2D eigenvalue weighted by atomic mass is 32.2. The number of nitrogens with two attached hydrogens (primary N) is 1. The summed E-state index contributed by atoms with van der Waals surface area (Å²) in [5, 5.41) is 0. The van der Waals surface area contributed by atoms with Gasteiger partial charge >= 0.3 is 0 Å². The van der Waals surface area contributed by atoms with Crippen molar-refractivity contribution in [1.82, 2.24) is 0 Å². The van der Waals surface area contributed by atoms with E-state index in [1.165, 1.54) is 0 Å². The maximum Gasteiger partial charge on any atom is 0.178 e. The second-order valence-electron chi connectivity index (χ2n) is 4.65. The molecule has 0 spiro atoms. The van der Waals surface area contributed by atoms with Crippen molar-refractivity contribution >= 4 is 15.5 Å². The average molecular weight is 255 g/mol. The minimum atomic E-state index is -3.21. The van der Waals surface area contributed by atoms with Gasteiger partial charge < -0.3 is 5.73 Å². The fraction of sp³-hybridized carbons (Fsp3) is 0.538. The maximum atomic E-state index is 12.2. The van der Waals surface area contributed by atoms with Gasteiger partial charge in [0, 0.05) is 5.69 Å². The maximum absolute atomic E-state index is 12.2. The summed E-state index contributed by atoms with van der Waals surface area (Å²) >= 11 is 0. The van der Waals surface area contributed by atoms with Gasteiger partial charge in [-0.3, -0.25) is 0 Å². The van der Waals surface area contributed by atoms with E-state index in [0.29, 0.717) is 16.1 Å². The van der Waals surface area contributed by atoms with Gasteiger partial charge in [0.2, 0.25) is 0 Å². The highest BCUT2D eigenvalue weighted by Gasteiger charge is 2.20. The Balaban J connectivity index is 3.02. The molecule has 0 bridgehead atoms. The van der Waals surface area contributed by atoms with Crippen molar-refractivity contribution < 1.29 is 8.42 Å². The van der Waals surface area contributed by atoms with Gasteiger partial charge in [0.15, 0.2) is 9.84 Å². The van der Waals surface area contributed by atoms with E-state index in [-0.39, 0.29) is 11.7 Å². The molecule has 4 heteroatoms. The van der Waals surface area contributed by atoms with Gasteiger partial charge in [-0.05, 0) is 37.0 Å². The van der Waals surface area contributed by atoms with Crippen LogP contribution in [0.4, 0.5) is 5.69 Å². The smallest absolute Gasteiger partial charge is 0.178 e. The molecule has 0 fully saturated rings. The molecule has 0 aliphatic carbocycles. The summed E-state index contributed by atoms with van der Waals surface area (Å²) in [5.41, 5.74) is 6.94. The predicted molar refractivity (Wildman–Crippen MR) is 71.7 cm³/mol. The summed E-state index contributed by atoms with van der Waals surface area (Å²) in [6.07, 6.45) is 1.94. The first-order valence-electron chi connectivity index (χ1n) is 5.96. The first kappa shape index (κ1) is 14.0. The summed E-state index contributed by atoms with van der Waals surface area (Å²) in [4.78, 5) is 0.375. The predicted octanol–water partition coefficient (Wildman–Crippen LogP) is 2.79. The molecule has 1 aromatic carbocycles. The van der Waals surface area contributed by atoms with Crippen LogP contribution in [0.2, 0.25) is 0 Å². The lowest BCUT2D eigenvalue weighted by atomic mass is 10.1. The quantitative estimate of drug-likeness (QED) is 0.823. The SMILES string of the molecule is CCCC(C)CS(=O)(=O)c1cccc(N)c1C. The molecule has 0 saturated carbocycles. The zero-order valence-corrected chi connectivity index (χ0v) is 11.5. The monoisotopic (exact) mass is 255 g/mol. The Morgan fingerprint density at radius 3 is 2.59 bits per heavy atom. The van der Waals surface area contributed by atoms with E-state index in [0.717, 1.165) is 12.8 Å². The zero-order valence-electron chi connectivity index (χ0n) is 10.7. The van der Waals surface area contributed by atoms with Crippen LogP contribution in [0.1, 0.15) is 32.3 Å². The summed E-state index contributed by atoms with van der Waals surface area (Å²) in [5.74, 6) is 0.385. The van der Waals surface area contributed by atoms with Gasteiger partial charge in [0.05, 0.1) is 10.6 Å². The largest absolute Gasteiger partial charge is 0.398 e. The highest BCUT2D eigenvalue weighted by Crippen LogP contribution is 2.23. The van der Waals surface area contributed by atoms with Crippen LogP contribution in [0, 0.1) is 12.8 Å². The molecule has 0 aromatic heterocycles. The second-order valence-corrected chi connectivity index (χ2v) is 6.65. The van der Waals surface area contributed by atoms with Crippen LogP contribution < -0.4 is 5.73 Å². The van der Waals surface area contributed by atoms with E-state index in [1.54, 1.807) is 25.1 Å².